The zero-order valence-corrected chi connectivity index (χ0v) is 8.47. The standard InChI is InChI=1S/C8H17NO7/c9-1-3(11)5(13)7(15)8(16)6(14)4(12)2-10/h4-8,10,12-16H,1-2,9H2/t4-,5?,6-,7+,8+/m1/s1. The molecule has 0 saturated carbocycles. The fourth-order valence-electron chi connectivity index (χ4n) is 1.04. The monoisotopic (exact) mass is 239 g/mol. The fourth-order valence-corrected chi connectivity index (χ4v) is 1.04. The molecule has 0 aliphatic carbocycles. The number of hydrogen-bond donors (Lipinski definition) is 7. The Bertz CT molecular complexity index is 224. The Morgan fingerprint density at radius 3 is 1.88 bits per heavy atom. The SMILES string of the molecule is NCC(=O)C(O)[C@H](O)[C@@H](O)[C@H](O)[C@H](O)CO. The maximum Gasteiger partial charge on any atom is 0.177 e. The van der Waals surface area contributed by atoms with Crippen LogP contribution in [0.1, 0.15) is 0 Å². The van der Waals surface area contributed by atoms with Crippen molar-refractivity contribution in [1.29, 1.82) is 0 Å². The van der Waals surface area contributed by atoms with Crippen LogP contribution in [0.25, 0.3) is 0 Å². The minimum Gasteiger partial charge on any atom is -0.394 e. The summed E-state index contributed by atoms with van der Waals surface area (Å²) in [5.74, 6) is -0.919. The van der Waals surface area contributed by atoms with Gasteiger partial charge < -0.3 is 36.4 Å². The highest BCUT2D eigenvalue weighted by Crippen LogP contribution is 2.08. The van der Waals surface area contributed by atoms with Crippen molar-refractivity contribution in [3.63, 3.8) is 0 Å². The van der Waals surface area contributed by atoms with Crippen LogP contribution in [0.5, 0.6) is 0 Å². The second-order valence-electron chi connectivity index (χ2n) is 3.34. The van der Waals surface area contributed by atoms with E-state index in [4.69, 9.17) is 21.1 Å². The number of carbonyl (C=O) groups is 1. The van der Waals surface area contributed by atoms with Crippen molar-refractivity contribution in [1.82, 2.24) is 0 Å². The van der Waals surface area contributed by atoms with Crippen molar-refractivity contribution >= 4 is 5.78 Å². The van der Waals surface area contributed by atoms with E-state index in [0.29, 0.717) is 0 Å². The van der Waals surface area contributed by atoms with Crippen LogP contribution in [0.4, 0.5) is 0 Å². The number of aliphatic hydroxyl groups excluding tert-OH is 6. The normalized spacial score (nSPS) is 20.9. The Kier molecular flexibility index (Phi) is 6.60. The third-order valence-corrected chi connectivity index (χ3v) is 2.14. The molecule has 8 nitrogen and oxygen atoms in total. The molecule has 16 heavy (non-hydrogen) atoms. The van der Waals surface area contributed by atoms with E-state index in [1.807, 2.05) is 0 Å². The molecule has 0 rings (SSSR count). The molecule has 1 unspecified atom stereocenters. The summed E-state index contributed by atoms with van der Waals surface area (Å²) in [7, 11) is 0. The van der Waals surface area contributed by atoms with Gasteiger partial charge in [0.25, 0.3) is 0 Å². The van der Waals surface area contributed by atoms with Crippen LogP contribution in [0, 0.1) is 0 Å². The van der Waals surface area contributed by atoms with E-state index in [9.17, 15) is 20.1 Å². The zero-order valence-electron chi connectivity index (χ0n) is 8.47. The van der Waals surface area contributed by atoms with Gasteiger partial charge in [0.2, 0.25) is 0 Å². The molecule has 0 bridgehead atoms. The molecule has 0 fully saturated rings. The quantitative estimate of drug-likeness (QED) is 0.233. The molecular weight excluding hydrogens is 222 g/mol. The van der Waals surface area contributed by atoms with Crippen LogP contribution in [0.15, 0.2) is 0 Å². The zero-order chi connectivity index (χ0) is 12.9. The van der Waals surface area contributed by atoms with Crippen molar-refractivity contribution in [2.75, 3.05) is 13.2 Å². The third-order valence-electron chi connectivity index (χ3n) is 2.14. The molecule has 0 saturated heterocycles. The molecule has 0 radical (unpaired) electrons. The maximum absolute atomic E-state index is 10.9. The summed E-state index contributed by atoms with van der Waals surface area (Å²) >= 11 is 0. The van der Waals surface area contributed by atoms with Crippen LogP contribution < -0.4 is 5.73 Å². The van der Waals surface area contributed by atoms with Crippen molar-refractivity contribution in [3.05, 3.63) is 0 Å². The summed E-state index contributed by atoms with van der Waals surface area (Å²) in [6.45, 7) is -1.38. The summed E-state index contributed by atoms with van der Waals surface area (Å²) in [5.41, 5.74) is 4.92. The highest BCUT2D eigenvalue weighted by Gasteiger charge is 2.36. The Morgan fingerprint density at radius 2 is 1.50 bits per heavy atom. The average molecular weight is 239 g/mol. The van der Waals surface area contributed by atoms with Gasteiger partial charge in [0.1, 0.15) is 30.5 Å². The summed E-state index contributed by atoms with van der Waals surface area (Å²) in [5, 5.41) is 54.3. The number of Topliss-reactive ketones (excluding diaryl/α,β-unsaturated/α-hetero) is 1. The average Bonchev–Trinajstić information content (AvgIpc) is 2.32. The van der Waals surface area contributed by atoms with Crippen LogP contribution in [-0.2, 0) is 4.79 Å². The lowest BCUT2D eigenvalue weighted by Crippen LogP contribution is -2.52. The molecule has 0 aromatic rings. The predicted molar refractivity (Wildman–Crippen MR) is 51.2 cm³/mol. The number of hydrogen-bond acceptors (Lipinski definition) is 8. The van der Waals surface area contributed by atoms with Crippen molar-refractivity contribution in [3.8, 4) is 0 Å². The smallest absolute Gasteiger partial charge is 0.177 e. The first-order valence-corrected chi connectivity index (χ1v) is 4.60. The Hall–Kier alpha value is -0.610. The minimum atomic E-state index is -1.99. The lowest BCUT2D eigenvalue weighted by atomic mass is 9.97. The van der Waals surface area contributed by atoms with E-state index in [-0.39, 0.29) is 0 Å². The number of carbonyl (C=O) groups excluding carboxylic acids is 1. The summed E-state index contributed by atoms with van der Waals surface area (Å²) in [6, 6.07) is 0. The molecule has 0 amide bonds. The molecule has 0 aliphatic heterocycles. The minimum absolute atomic E-state index is 0.538. The van der Waals surface area contributed by atoms with Gasteiger partial charge in [-0.3, -0.25) is 4.79 Å². The molecule has 5 atom stereocenters. The van der Waals surface area contributed by atoms with E-state index in [0.717, 1.165) is 0 Å². The van der Waals surface area contributed by atoms with Gasteiger partial charge >= 0.3 is 0 Å². The van der Waals surface area contributed by atoms with Gasteiger partial charge in [-0.25, -0.2) is 0 Å². The lowest BCUT2D eigenvalue weighted by molar-refractivity contribution is -0.154. The second-order valence-corrected chi connectivity index (χ2v) is 3.34. The first kappa shape index (κ1) is 15.4. The van der Waals surface area contributed by atoms with Crippen LogP contribution in [0.2, 0.25) is 0 Å². The summed E-state index contributed by atoms with van der Waals surface area (Å²) < 4.78 is 0. The van der Waals surface area contributed by atoms with E-state index >= 15 is 0 Å². The largest absolute Gasteiger partial charge is 0.394 e. The second kappa shape index (κ2) is 6.86. The van der Waals surface area contributed by atoms with Gasteiger partial charge in [-0.15, -0.1) is 0 Å². The topological polar surface area (TPSA) is 164 Å². The third kappa shape index (κ3) is 3.76. The summed E-state index contributed by atoms with van der Waals surface area (Å²) in [6.07, 6.45) is -9.51. The van der Waals surface area contributed by atoms with Crippen molar-refractivity contribution in [2.24, 2.45) is 5.73 Å². The first-order chi connectivity index (χ1) is 7.36. The predicted octanol–water partition coefficient (Wildman–Crippen LogP) is -4.69. The molecule has 96 valence electrons. The molecule has 8 N–H and O–H groups in total. The van der Waals surface area contributed by atoms with E-state index in [1.165, 1.54) is 0 Å². The Morgan fingerprint density at radius 1 is 1.00 bits per heavy atom. The van der Waals surface area contributed by atoms with Crippen molar-refractivity contribution in [2.45, 2.75) is 30.5 Å². The number of aliphatic hydroxyl groups is 6. The van der Waals surface area contributed by atoms with Gasteiger partial charge in [0, 0.05) is 0 Å². The molecule has 0 aromatic carbocycles. The number of nitrogens with two attached hydrogens (primary N) is 1. The highest BCUT2D eigenvalue weighted by molar-refractivity contribution is 5.85. The molecule has 0 aliphatic rings. The van der Waals surface area contributed by atoms with E-state index in [2.05, 4.69) is 0 Å². The van der Waals surface area contributed by atoms with Crippen LogP contribution >= 0.6 is 0 Å². The molecule has 0 spiro atoms. The van der Waals surface area contributed by atoms with Crippen LogP contribution in [-0.4, -0.2) is 80.1 Å². The van der Waals surface area contributed by atoms with Crippen LogP contribution in [0.3, 0.4) is 0 Å². The van der Waals surface area contributed by atoms with Gasteiger partial charge in [-0.05, 0) is 0 Å². The molecule has 0 aromatic heterocycles. The van der Waals surface area contributed by atoms with Crippen molar-refractivity contribution < 1.29 is 35.4 Å². The number of ketones is 1. The van der Waals surface area contributed by atoms with E-state index < -0.39 is 49.5 Å². The molecule has 8 heteroatoms. The lowest BCUT2D eigenvalue weighted by Gasteiger charge is -2.27. The van der Waals surface area contributed by atoms with Gasteiger partial charge in [0.15, 0.2) is 5.78 Å². The molecule has 0 heterocycles. The first-order valence-electron chi connectivity index (χ1n) is 4.60. The van der Waals surface area contributed by atoms with Gasteiger partial charge in [-0.2, -0.15) is 0 Å². The Balaban J connectivity index is 4.47. The van der Waals surface area contributed by atoms with Gasteiger partial charge in [0.05, 0.1) is 13.2 Å². The van der Waals surface area contributed by atoms with Gasteiger partial charge in [-0.1, -0.05) is 0 Å². The maximum atomic E-state index is 10.9. The molecular formula is C8H17NO7. The van der Waals surface area contributed by atoms with E-state index in [1.54, 1.807) is 0 Å². The highest BCUT2D eigenvalue weighted by atomic mass is 16.4. The summed E-state index contributed by atoms with van der Waals surface area (Å²) in [4.78, 5) is 10.9. The fraction of sp³-hybridized carbons (Fsp3) is 0.875. The number of rotatable bonds is 7. The Labute approximate surface area is 91.6 Å².